The van der Waals surface area contributed by atoms with Crippen molar-refractivity contribution in [3.63, 3.8) is 0 Å². The van der Waals surface area contributed by atoms with Crippen molar-refractivity contribution in [2.45, 2.75) is 12.8 Å². The molecule has 34 heavy (non-hydrogen) atoms. The summed E-state index contributed by atoms with van der Waals surface area (Å²) in [5.41, 5.74) is 3.21. The lowest BCUT2D eigenvalue weighted by atomic mass is 9.85. The van der Waals surface area contributed by atoms with E-state index in [-0.39, 0.29) is 35.5 Å². The third-order valence-electron chi connectivity index (χ3n) is 7.22. The number of rotatable bonds is 5. The number of benzene rings is 3. The molecule has 2 aliphatic carbocycles. The first-order valence-corrected chi connectivity index (χ1v) is 11.6. The smallest absolute Gasteiger partial charge is 0.343 e. The van der Waals surface area contributed by atoms with Crippen LogP contribution in [-0.4, -0.2) is 17.8 Å². The summed E-state index contributed by atoms with van der Waals surface area (Å²) in [6.07, 6.45) is 5.87. The molecule has 2 amide bonds. The standard InChI is InChI=1S/C29H23NO4/c31-27-25-21-8-9-22(17-21)26(25)28(32)30(27)23-12-10-20(11-13-23)29(33)34-24-14-6-19(7-15-24)16-18-4-2-1-3-5-18/h1-15,21-22,25-26H,16-17H2. The number of amides is 2. The van der Waals surface area contributed by atoms with Gasteiger partial charge in [0, 0.05) is 0 Å². The molecule has 4 unspecified atom stereocenters. The van der Waals surface area contributed by atoms with Gasteiger partial charge in [-0.05, 0) is 72.2 Å². The molecule has 168 valence electrons. The first kappa shape index (κ1) is 20.6. The van der Waals surface area contributed by atoms with Crippen LogP contribution in [0.5, 0.6) is 5.75 Å². The number of carbonyl (C=O) groups excluding carboxylic acids is 3. The predicted molar refractivity (Wildman–Crippen MR) is 127 cm³/mol. The Labute approximate surface area is 197 Å². The molecular weight excluding hydrogens is 426 g/mol. The highest BCUT2D eigenvalue weighted by Gasteiger charge is 2.59. The summed E-state index contributed by atoms with van der Waals surface area (Å²) in [4.78, 5) is 39.9. The number of esters is 1. The van der Waals surface area contributed by atoms with Gasteiger partial charge in [-0.15, -0.1) is 0 Å². The summed E-state index contributed by atoms with van der Waals surface area (Å²) in [7, 11) is 0. The maximum Gasteiger partial charge on any atom is 0.343 e. The van der Waals surface area contributed by atoms with Gasteiger partial charge in [0.1, 0.15) is 5.75 Å². The third-order valence-corrected chi connectivity index (χ3v) is 7.22. The molecule has 3 aliphatic rings. The van der Waals surface area contributed by atoms with Crippen molar-refractivity contribution < 1.29 is 19.1 Å². The average molecular weight is 450 g/mol. The molecule has 6 rings (SSSR count). The van der Waals surface area contributed by atoms with Crippen LogP contribution in [0.4, 0.5) is 5.69 Å². The Balaban J connectivity index is 1.12. The minimum absolute atomic E-state index is 0.127. The maximum atomic E-state index is 13.0. The van der Waals surface area contributed by atoms with Gasteiger partial charge in [-0.2, -0.15) is 0 Å². The van der Waals surface area contributed by atoms with Crippen LogP contribution in [0, 0.1) is 23.7 Å². The topological polar surface area (TPSA) is 63.7 Å². The zero-order valence-corrected chi connectivity index (χ0v) is 18.5. The summed E-state index contributed by atoms with van der Waals surface area (Å²) < 4.78 is 5.52. The summed E-state index contributed by atoms with van der Waals surface area (Å²) in [5.74, 6) is -0.411. The van der Waals surface area contributed by atoms with Gasteiger partial charge in [-0.3, -0.25) is 14.5 Å². The van der Waals surface area contributed by atoms with Crippen LogP contribution < -0.4 is 9.64 Å². The molecule has 5 heteroatoms. The lowest BCUT2D eigenvalue weighted by molar-refractivity contribution is -0.123. The Hall–Kier alpha value is -3.99. The SMILES string of the molecule is O=C(Oc1ccc(Cc2ccccc2)cc1)c1ccc(N2C(=O)C3C4C=CC(C4)C3C2=O)cc1. The fourth-order valence-electron chi connectivity index (χ4n) is 5.58. The van der Waals surface area contributed by atoms with Crippen LogP contribution in [0.15, 0.2) is 91.0 Å². The molecule has 3 aromatic rings. The van der Waals surface area contributed by atoms with Crippen LogP contribution >= 0.6 is 0 Å². The molecule has 1 saturated heterocycles. The van der Waals surface area contributed by atoms with Gasteiger partial charge >= 0.3 is 5.97 Å². The van der Waals surface area contributed by atoms with Gasteiger partial charge in [0.2, 0.25) is 11.8 Å². The van der Waals surface area contributed by atoms with Crippen LogP contribution in [-0.2, 0) is 16.0 Å². The highest BCUT2D eigenvalue weighted by Crippen LogP contribution is 2.53. The fourth-order valence-corrected chi connectivity index (χ4v) is 5.58. The quantitative estimate of drug-likeness (QED) is 0.243. The number of ether oxygens (including phenoxy) is 1. The zero-order chi connectivity index (χ0) is 23.2. The summed E-state index contributed by atoms with van der Waals surface area (Å²) in [5, 5.41) is 0. The molecule has 1 saturated carbocycles. The van der Waals surface area contributed by atoms with Gasteiger partial charge in [-0.1, -0.05) is 54.6 Å². The monoisotopic (exact) mass is 449 g/mol. The number of carbonyl (C=O) groups is 3. The molecule has 0 spiro atoms. The number of nitrogens with zero attached hydrogens (tertiary/aromatic N) is 1. The van der Waals surface area contributed by atoms with Gasteiger partial charge in [0.25, 0.3) is 0 Å². The lowest BCUT2D eigenvalue weighted by Crippen LogP contribution is -2.32. The van der Waals surface area contributed by atoms with Crippen molar-refractivity contribution in [2.75, 3.05) is 4.90 Å². The number of anilines is 1. The third kappa shape index (κ3) is 3.45. The van der Waals surface area contributed by atoms with E-state index in [0.29, 0.717) is 17.0 Å². The second-order valence-corrected chi connectivity index (χ2v) is 9.25. The van der Waals surface area contributed by atoms with Crippen molar-refractivity contribution in [1.29, 1.82) is 0 Å². The minimum atomic E-state index is -0.486. The molecule has 1 aliphatic heterocycles. The second-order valence-electron chi connectivity index (χ2n) is 9.25. The fraction of sp³-hybridized carbons (Fsp3) is 0.207. The van der Waals surface area contributed by atoms with Crippen molar-refractivity contribution in [3.8, 4) is 5.75 Å². The number of hydrogen-bond donors (Lipinski definition) is 0. The Kier molecular flexibility index (Phi) is 4.91. The molecule has 0 N–H and O–H groups in total. The van der Waals surface area contributed by atoms with E-state index < -0.39 is 5.97 Å². The largest absolute Gasteiger partial charge is 0.423 e. The molecule has 2 fully saturated rings. The highest BCUT2D eigenvalue weighted by molar-refractivity contribution is 6.22. The maximum absolute atomic E-state index is 13.0. The van der Waals surface area contributed by atoms with Crippen molar-refractivity contribution in [1.82, 2.24) is 0 Å². The first-order valence-electron chi connectivity index (χ1n) is 11.6. The Bertz CT molecular complexity index is 1260. The Morgan fingerprint density at radius 3 is 1.97 bits per heavy atom. The Morgan fingerprint density at radius 2 is 1.35 bits per heavy atom. The van der Waals surface area contributed by atoms with E-state index in [1.54, 1.807) is 36.4 Å². The molecule has 2 bridgehead atoms. The van der Waals surface area contributed by atoms with Crippen LogP contribution in [0.3, 0.4) is 0 Å². The zero-order valence-electron chi connectivity index (χ0n) is 18.5. The van der Waals surface area contributed by atoms with E-state index >= 15 is 0 Å². The molecule has 3 aromatic carbocycles. The van der Waals surface area contributed by atoms with Crippen molar-refractivity contribution >= 4 is 23.5 Å². The number of hydrogen-bond acceptors (Lipinski definition) is 4. The lowest BCUT2D eigenvalue weighted by Gasteiger charge is -2.17. The first-order chi connectivity index (χ1) is 16.6. The van der Waals surface area contributed by atoms with E-state index in [9.17, 15) is 14.4 Å². The molecular formula is C29H23NO4. The van der Waals surface area contributed by atoms with E-state index in [1.807, 2.05) is 30.3 Å². The van der Waals surface area contributed by atoms with Gasteiger partial charge in [0.15, 0.2) is 0 Å². The molecule has 1 heterocycles. The molecule has 4 atom stereocenters. The second kappa shape index (κ2) is 8.10. The van der Waals surface area contributed by atoms with E-state index in [4.69, 9.17) is 4.74 Å². The number of fused-ring (bicyclic) bond motifs is 5. The summed E-state index contributed by atoms with van der Waals surface area (Å²) >= 11 is 0. The van der Waals surface area contributed by atoms with E-state index in [0.717, 1.165) is 18.4 Å². The van der Waals surface area contributed by atoms with Crippen LogP contribution in [0.25, 0.3) is 0 Å². The van der Waals surface area contributed by atoms with Crippen molar-refractivity contribution in [3.05, 3.63) is 108 Å². The van der Waals surface area contributed by atoms with E-state index in [2.05, 4.69) is 24.3 Å². The van der Waals surface area contributed by atoms with Gasteiger partial charge in [-0.25, -0.2) is 4.79 Å². The summed E-state index contributed by atoms with van der Waals surface area (Å²) in [6.45, 7) is 0. The van der Waals surface area contributed by atoms with Crippen molar-refractivity contribution in [2.24, 2.45) is 23.7 Å². The molecule has 0 radical (unpaired) electrons. The predicted octanol–water partition coefficient (Wildman–Crippen LogP) is 4.81. The minimum Gasteiger partial charge on any atom is -0.423 e. The molecule has 0 aromatic heterocycles. The van der Waals surface area contributed by atoms with Crippen LogP contribution in [0.1, 0.15) is 27.9 Å². The molecule has 5 nitrogen and oxygen atoms in total. The van der Waals surface area contributed by atoms with E-state index in [1.165, 1.54) is 10.5 Å². The number of imide groups is 1. The van der Waals surface area contributed by atoms with Crippen LogP contribution in [0.2, 0.25) is 0 Å². The van der Waals surface area contributed by atoms with Gasteiger partial charge in [0.05, 0.1) is 23.1 Å². The van der Waals surface area contributed by atoms with Gasteiger partial charge < -0.3 is 4.74 Å². The summed E-state index contributed by atoms with van der Waals surface area (Å²) in [6, 6.07) is 24.1. The average Bonchev–Trinajstić information content (AvgIpc) is 3.55. The Morgan fingerprint density at radius 1 is 0.765 bits per heavy atom. The highest BCUT2D eigenvalue weighted by atomic mass is 16.5. The normalized spacial score (nSPS) is 24.5. The number of allylic oxidation sites excluding steroid dienone is 2.